The van der Waals surface area contributed by atoms with Gasteiger partial charge in [-0.1, -0.05) is 12.1 Å². The maximum absolute atomic E-state index is 11.8. The van der Waals surface area contributed by atoms with Gasteiger partial charge in [0.1, 0.15) is 6.04 Å². The minimum atomic E-state index is -0.263. The third-order valence-corrected chi connectivity index (χ3v) is 3.21. The van der Waals surface area contributed by atoms with Gasteiger partial charge in [0.15, 0.2) is 0 Å². The van der Waals surface area contributed by atoms with Crippen molar-refractivity contribution in [1.82, 2.24) is 5.32 Å². The first-order chi connectivity index (χ1) is 8.13. The number of hydrogen-bond acceptors (Lipinski definition) is 3. The van der Waals surface area contributed by atoms with E-state index in [0.717, 1.165) is 5.69 Å². The molecular formula is C13H19N3O. The van der Waals surface area contributed by atoms with Crippen LogP contribution >= 0.6 is 0 Å². The van der Waals surface area contributed by atoms with Crippen LogP contribution in [0.15, 0.2) is 24.3 Å². The van der Waals surface area contributed by atoms with Crippen molar-refractivity contribution >= 4 is 11.6 Å². The Labute approximate surface area is 102 Å². The molecule has 0 aromatic heterocycles. The minimum Gasteiger partial charge on any atom is -0.354 e. The summed E-state index contributed by atoms with van der Waals surface area (Å²) >= 11 is 0. The van der Waals surface area contributed by atoms with Crippen LogP contribution < -0.4 is 16.0 Å². The van der Waals surface area contributed by atoms with E-state index >= 15 is 0 Å². The average molecular weight is 233 g/mol. The molecule has 3 N–H and O–H groups in total. The molecule has 4 nitrogen and oxygen atoms in total. The predicted molar refractivity (Wildman–Crippen MR) is 69.0 cm³/mol. The number of nitrogens with one attached hydrogen (secondary N) is 1. The molecule has 0 radical (unpaired) electrons. The van der Waals surface area contributed by atoms with E-state index in [2.05, 4.69) is 36.2 Å². The molecule has 1 aliphatic heterocycles. The number of nitrogens with zero attached hydrogens (tertiary/aromatic N) is 1. The molecule has 0 bridgehead atoms. The van der Waals surface area contributed by atoms with Crippen molar-refractivity contribution in [3.8, 4) is 0 Å². The fourth-order valence-corrected chi connectivity index (χ4v) is 2.34. The summed E-state index contributed by atoms with van der Waals surface area (Å²) in [4.78, 5) is 13.9. The molecule has 1 saturated heterocycles. The van der Waals surface area contributed by atoms with Gasteiger partial charge in [0.2, 0.25) is 5.91 Å². The maximum Gasteiger partial charge on any atom is 0.244 e. The molecule has 1 fully saturated rings. The lowest BCUT2D eigenvalue weighted by Gasteiger charge is -2.41. The summed E-state index contributed by atoms with van der Waals surface area (Å²) in [5, 5.41) is 2.89. The summed E-state index contributed by atoms with van der Waals surface area (Å²) < 4.78 is 0. The number of piperazine rings is 1. The van der Waals surface area contributed by atoms with E-state index in [1.165, 1.54) is 5.56 Å². The second-order valence-electron chi connectivity index (χ2n) is 4.59. The molecule has 2 unspecified atom stereocenters. The second kappa shape index (κ2) is 4.75. The number of hydrogen-bond donors (Lipinski definition) is 2. The largest absolute Gasteiger partial charge is 0.354 e. The fourth-order valence-electron chi connectivity index (χ4n) is 2.34. The van der Waals surface area contributed by atoms with E-state index in [4.69, 9.17) is 5.73 Å². The third kappa shape index (κ3) is 2.26. The van der Waals surface area contributed by atoms with Crippen LogP contribution in [0.1, 0.15) is 12.5 Å². The van der Waals surface area contributed by atoms with Gasteiger partial charge < -0.3 is 16.0 Å². The summed E-state index contributed by atoms with van der Waals surface area (Å²) in [5.74, 6) is 0.0205. The summed E-state index contributed by atoms with van der Waals surface area (Å²) in [6, 6.07) is 8.19. The van der Waals surface area contributed by atoms with Gasteiger partial charge in [-0.25, -0.2) is 0 Å². The molecule has 1 heterocycles. The molecule has 2 rings (SSSR count). The van der Waals surface area contributed by atoms with E-state index in [0.29, 0.717) is 13.1 Å². The third-order valence-electron chi connectivity index (χ3n) is 3.21. The van der Waals surface area contributed by atoms with E-state index in [1.54, 1.807) is 0 Å². The Kier molecular flexibility index (Phi) is 3.33. The molecule has 0 saturated carbocycles. The van der Waals surface area contributed by atoms with Crippen LogP contribution in [0.5, 0.6) is 0 Å². The van der Waals surface area contributed by atoms with Crippen molar-refractivity contribution in [3.63, 3.8) is 0 Å². The molecular weight excluding hydrogens is 214 g/mol. The zero-order valence-electron chi connectivity index (χ0n) is 10.3. The average Bonchev–Trinajstić information content (AvgIpc) is 2.31. The lowest BCUT2D eigenvalue weighted by atomic mass is 10.1. The number of aryl methyl sites for hydroxylation is 1. The first kappa shape index (κ1) is 11.9. The number of amides is 1. The van der Waals surface area contributed by atoms with Gasteiger partial charge in [0.25, 0.3) is 0 Å². The predicted octanol–water partition coefficient (Wildman–Crippen LogP) is 0.647. The van der Waals surface area contributed by atoms with Crippen molar-refractivity contribution < 1.29 is 4.79 Å². The quantitative estimate of drug-likeness (QED) is 0.788. The summed E-state index contributed by atoms with van der Waals surface area (Å²) in [7, 11) is 0. The first-order valence-corrected chi connectivity index (χ1v) is 5.96. The second-order valence-corrected chi connectivity index (χ2v) is 4.59. The fraction of sp³-hybridized carbons (Fsp3) is 0.462. The molecule has 92 valence electrons. The van der Waals surface area contributed by atoms with Gasteiger partial charge in [-0.05, 0) is 31.5 Å². The van der Waals surface area contributed by atoms with Gasteiger partial charge in [0, 0.05) is 24.8 Å². The Balaban J connectivity index is 2.35. The van der Waals surface area contributed by atoms with Gasteiger partial charge in [-0.3, -0.25) is 4.79 Å². The summed E-state index contributed by atoms with van der Waals surface area (Å²) in [6.07, 6.45) is 0. The number of nitrogens with two attached hydrogens (primary N) is 1. The minimum absolute atomic E-state index is 0.0205. The molecule has 2 atom stereocenters. The van der Waals surface area contributed by atoms with Crippen molar-refractivity contribution in [3.05, 3.63) is 29.8 Å². The smallest absolute Gasteiger partial charge is 0.244 e. The Hall–Kier alpha value is -1.55. The first-order valence-electron chi connectivity index (χ1n) is 5.96. The number of anilines is 1. The highest BCUT2D eigenvalue weighted by molar-refractivity contribution is 5.87. The highest BCUT2D eigenvalue weighted by atomic mass is 16.2. The lowest BCUT2D eigenvalue weighted by molar-refractivity contribution is -0.123. The molecule has 4 heteroatoms. The molecule has 1 aromatic carbocycles. The molecule has 1 amide bonds. The Bertz CT molecular complexity index is 419. The van der Waals surface area contributed by atoms with Gasteiger partial charge in [0.05, 0.1) is 0 Å². The van der Waals surface area contributed by atoms with Crippen LogP contribution in [0.25, 0.3) is 0 Å². The number of carbonyl (C=O) groups is 1. The van der Waals surface area contributed by atoms with E-state index in [1.807, 2.05) is 12.1 Å². The van der Waals surface area contributed by atoms with Crippen LogP contribution in [0.3, 0.4) is 0 Å². The van der Waals surface area contributed by atoms with Crippen molar-refractivity contribution in [2.24, 2.45) is 5.73 Å². The van der Waals surface area contributed by atoms with Crippen LogP contribution in [0.4, 0.5) is 5.69 Å². The normalized spacial score (nSPS) is 24.6. The van der Waals surface area contributed by atoms with E-state index < -0.39 is 0 Å². The molecule has 0 spiro atoms. The highest BCUT2D eigenvalue weighted by Gasteiger charge is 2.33. The van der Waals surface area contributed by atoms with Crippen LogP contribution in [0, 0.1) is 6.92 Å². The molecule has 1 aliphatic rings. The Morgan fingerprint density at radius 2 is 2.29 bits per heavy atom. The van der Waals surface area contributed by atoms with Crippen molar-refractivity contribution in [2.75, 3.05) is 18.0 Å². The zero-order valence-corrected chi connectivity index (χ0v) is 10.3. The van der Waals surface area contributed by atoms with Crippen LogP contribution in [0.2, 0.25) is 0 Å². The van der Waals surface area contributed by atoms with Gasteiger partial charge >= 0.3 is 0 Å². The van der Waals surface area contributed by atoms with Crippen LogP contribution in [-0.4, -0.2) is 31.1 Å². The molecule has 0 aliphatic carbocycles. The van der Waals surface area contributed by atoms with Crippen molar-refractivity contribution in [1.29, 1.82) is 0 Å². The summed E-state index contributed by atoms with van der Waals surface area (Å²) in [6.45, 7) is 5.16. The maximum atomic E-state index is 11.8. The van der Waals surface area contributed by atoms with Gasteiger partial charge in [-0.15, -0.1) is 0 Å². The highest BCUT2D eigenvalue weighted by Crippen LogP contribution is 2.23. The van der Waals surface area contributed by atoms with E-state index in [9.17, 15) is 4.79 Å². The molecule has 1 aromatic rings. The number of rotatable bonds is 2. The standard InChI is InChI=1S/C13H19N3O/c1-9-4-3-5-11(6-9)16-10(2)8-15-13(17)12(16)7-14/h3-6,10,12H,7-8,14H2,1-2H3,(H,15,17). The van der Waals surface area contributed by atoms with E-state index in [-0.39, 0.29) is 18.0 Å². The zero-order chi connectivity index (χ0) is 12.4. The monoisotopic (exact) mass is 233 g/mol. The van der Waals surface area contributed by atoms with Crippen molar-refractivity contribution in [2.45, 2.75) is 25.9 Å². The van der Waals surface area contributed by atoms with Crippen LogP contribution in [-0.2, 0) is 4.79 Å². The topological polar surface area (TPSA) is 58.4 Å². The Morgan fingerprint density at radius 3 is 2.94 bits per heavy atom. The number of benzene rings is 1. The lowest BCUT2D eigenvalue weighted by Crippen LogP contribution is -2.62. The molecule has 17 heavy (non-hydrogen) atoms. The van der Waals surface area contributed by atoms with Gasteiger partial charge in [-0.2, -0.15) is 0 Å². The summed E-state index contributed by atoms with van der Waals surface area (Å²) in [5.41, 5.74) is 7.98. The number of carbonyl (C=O) groups excluding carboxylic acids is 1. The Morgan fingerprint density at radius 1 is 1.53 bits per heavy atom. The SMILES string of the molecule is Cc1cccc(N2C(C)CNC(=O)C2CN)c1.